The predicted molar refractivity (Wildman–Crippen MR) is 102 cm³/mol. The molecule has 0 aliphatic carbocycles. The van der Waals surface area contributed by atoms with Crippen molar-refractivity contribution in [2.24, 2.45) is 0 Å². The van der Waals surface area contributed by atoms with Gasteiger partial charge < -0.3 is 9.64 Å². The average Bonchev–Trinajstić information content (AvgIpc) is 3.11. The van der Waals surface area contributed by atoms with Gasteiger partial charge in [-0.05, 0) is 30.2 Å². The number of hydrogen-bond acceptors (Lipinski definition) is 4. The van der Waals surface area contributed by atoms with Crippen LogP contribution in [-0.4, -0.2) is 28.3 Å². The minimum Gasteiger partial charge on any atom is -0.457 e. The molecule has 0 bridgehead atoms. The maximum atomic E-state index is 12.4. The number of pyridine rings is 1. The molecule has 4 rings (SSSR count). The van der Waals surface area contributed by atoms with Crippen molar-refractivity contribution in [2.75, 3.05) is 6.54 Å². The molecule has 1 aliphatic heterocycles. The first-order chi connectivity index (χ1) is 13.2. The molecule has 1 amide bonds. The molecule has 5 heteroatoms. The predicted octanol–water partition coefficient (Wildman–Crippen LogP) is 3.71. The van der Waals surface area contributed by atoms with Crippen LogP contribution in [0, 0.1) is 0 Å². The second kappa shape index (κ2) is 7.58. The Labute approximate surface area is 157 Å². The Morgan fingerprint density at radius 1 is 1.07 bits per heavy atom. The molecular weight excluding hydrogens is 340 g/mol. The van der Waals surface area contributed by atoms with E-state index >= 15 is 0 Å². The van der Waals surface area contributed by atoms with Gasteiger partial charge in [0.25, 0.3) is 0 Å². The highest BCUT2D eigenvalue weighted by Crippen LogP contribution is 2.18. The van der Waals surface area contributed by atoms with Crippen LogP contribution in [0.15, 0.2) is 60.8 Å². The van der Waals surface area contributed by atoms with E-state index in [1.807, 2.05) is 47.4 Å². The maximum absolute atomic E-state index is 12.4. The lowest BCUT2D eigenvalue weighted by atomic mass is 10.1. The van der Waals surface area contributed by atoms with Crippen LogP contribution < -0.4 is 0 Å². The lowest BCUT2D eigenvalue weighted by molar-refractivity contribution is -0.128. The standard InChI is InChI=1S/C22H20N2O3/c25-20-7-3-13-24(20)14-16-8-10-18(11-9-16)22(26)27-15-19-5-1-4-17-6-2-12-23-21(17)19/h1-2,4-6,8-12H,3,7,13-15H2. The van der Waals surface area contributed by atoms with Crippen LogP contribution in [0.25, 0.3) is 10.9 Å². The van der Waals surface area contributed by atoms with E-state index in [4.69, 9.17) is 4.74 Å². The fourth-order valence-electron chi connectivity index (χ4n) is 3.35. The number of ether oxygens (including phenoxy) is 1. The van der Waals surface area contributed by atoms with Gasteiger partial charge in [-0.2, -0.15) is 0 Å². The Morgan fingerprint density at radius 3 is 2.67 bits per heavy atom. The van der Waals surface area contributed by atoms with Crippen molar-refractivity contribution in [3.63, 3.8) is 0 Å². The van der Waals surface area contributed by atoms with E-state index in [-0.39, 0.29) is 18.5 Å². The van der Waals surface area contributed by atoms with E-state index in [1.54, 1.807) is 18.3 Å². The van der Waals surface area contributed by atoms with Gasteiger partial charge in [0.1, 0.15) is 6.61 Å². The van der Waals surface area contributed by atoms with Gasteiger partial charge in [-0.1, -0.05) is 36.4 Å². The largest absolute Gasteiger partial charge is 0.457 e. The summed E-state index contributed by atoms with van der Waals surface area (Å²) >= 11 is 0. The molecule has 2 heterocycles. The number of hydrogen-bond donors (Lipinski definition) is 0. The average molecular weight is 360 g/mol. The van der Waals surface area contributed by atoms with Gasteiger partial charge in [-0.15, -0.1) is 0 Å². The third-order valence-corrected chi connectivity index (χ3v) is 4.81. The van der Waals surface area contributed by atoms with E-state index in [0.717, 1.165) is 35.0 Å². The zero-order valence-electron chi connectivity index (χ0n) is 14.9. The summed E-state index contributed by atoms with van der Waals surface area (Å²) in [4.78, 5) is 30.3. The molecule has 0 unspecified atom stereocenters. The molecule has 0 spiro atoms. The number of amides is 1. The molecular formula is C22H20N2O3. The Morgan fingerprint density at radius 2 is 1.89 bits per heavy atom. The van der Waals surface area contributed by atoms with Crippen LogP contribution >= 0.6 is 0 Å². The molecule has 136 valence electrons. The van der Waals surface area contributed by atoms with E-state index in [0.29, 0.717) is 18.5 Å². The summed E-state index contributed by atoms with van der Waals surface area (Å²) in [5, 5.41) is 1.02. The molecule has 5 nitrogen and oxygen atoms in total. The van der Waals surface area contributed by atoms with Crippen molar-refractivity contribution in [1.29, 1.82) is 0 Å². The molecule has 1 aliphatic rings. The normalized spacial score (nSPS) is 13.9. The van der Waals surface area contributed by atoms with Gasteiger partial charge in [-0.3, -0.25) is 9.78 Å². The summed E-state index contributed by atoms with van der Waals surface area (Å²) in [6.45, 7) is 1.58. The number of aromatic nitrogens is 1. The first-order valence-corrected chi connectivity index (χ1v) is 9.07. The SMILES string of the molecule is O=C(OCc1cccc2cccnc12)c1ccc(CN2CCCC2=O)cc1. The third-order valence-electron chi connectivity index (χ3n) is 4.81. The van der Waals surface area contributed by atoms with Gasteiger partial charge in [-0.25, -0.2) is 4.79 Å². The van der Waals surface area contributed by atoms with Crippen molar-refractivity contribution in [3.8, 4) is 0 Å². The van der Waals surface area contributed by atoms with Crippen molar-refractivity contribution in [2.45, 2.75) is 26.0 Å². The van der Waals surface area contributed by atoms with E-state index in [1.165, 1.54) is 0 Å². The lowest BCUT2D eigenvalue weighted by Crippen LogP contribution is -2.23. The number of nitrogens with zero attached hydrogens (tertiary/aromatic N) is 2. The quantitative estimate of drug-likeness (QED) is 0.651. The van der Waals surface area contributed by atoms with Crippen LogP contribution in [0.1, 0.15) is 34.3 Å². The van der Waals surface area contributed by atoms with E-state index in [2.05, 4.69) is 4.98 Å². The number of fused-ring (bicyclic) bond motifs is 1. The zero-order valence-corrected chi connectivity index (χ0v) is 14.9. The number of benzene rings is 2. The van der Waals surface area contributed by atoms with Crippen molar-refractivity contribution in [3.05, 3.63) is 77.5 Å². The Kier molecular flexibility index (Phi) is 4.83. The summed E-state index contributed by atoms with van der Waals surface area (Å²) in [6, 6.07) is 17.0. The summed E-state index contributed by atoms with van der Waals surface area (Å²) in [6.07, 6.45) is 3.29. The molecule has 0 radical (unpaired) electrons. The number of esters is 1. The second-order valence-electron chi connectivity index (χ2n) is 6.68. The van der Waals surface area contributed by atoms with Gasteiger partial charge in [0.15, 0.2) is 0 Å². The molecule has 27 heavy (non-hydrogen) atoms. The highest BCUT2D eigenvalue weighted by Gasteiger charge is 2.20. The summed E-state index contributed by atoms with van der Waals surface area (Å²) < 4.78 is 5.47. The lowest BCUT2D eigenvalue weighted by Gasteiger charge is -2.15. The molecule has 1 fully saturated rings. The Hall–Kier alpha value is -3.21. The van der Waals surface area contributed by atoms with Crippen LogP contribution in [0.3, 0.4) is 0 Å². The van der Waals surface area contributed by atoms with Gasteiger partial charge >= 0.3 is 5.97 Å². The van der Waals surface area contributed by atoms with Crippen molar-refractivity contribution < 1.29 is 14.3 Å². The fourth-order valence-corrected chi connectivity index (χ4v) is 3.35. The number of carbonyl (C=O) groups excluding carboxylic acids is 2. The van der Waals surface area contributed by atoms with Crippen LogP contribution in [0.4, 0.5) is 0 Å². The molecule has 1 saturated heterocycles. The summed E-state index contributed by atoms with van der Waals surface area (Å²) in [5.74, 6) is -0.172. The van der Waals surface area contributed by atoms with Crippen molar-refractivity contribution in [1.82, 2.24) is 9.88 Å². The monoisotopic (exact) mass is 360 g/mol. The molecule has 0 saturated carbocycles. The number of likely N-dealkylation sites (tertiary alicyclic amines) is 1. The molecule has 3 aromatic rings. The van der Waals surface area contributed by atoms with Crippen molar-refractivity contribution >= 4 is 22.8 Å². The van der Waals surface area contributed by atoms with Crippen LogP contribution in [-0.2, 0) is 22.7 Å². The van der Waals surface area contributed by atoms with E-state index < -0.39 is 0 Å². The van der Waals surface area contributed by atoms with Crippen LogP contribution in [0.5, 0.6) is 0 Å². The maximum Gasteiger partial charge on any atom is 0.338 e. The molecule has 0 N–H and O–H groups in total. The highest BCUT2D eigenvalue weighted by atomic mass is 16.5. The number of carbonyl (C=O) groups is 2. The Bertz CT molecular complexity index is 977. The first-order valence-electron chi connectivity index (χ1n) is 9.07. The fraction of sp³-hybridized carbons (Fsp3) is 0.227. The van der Waals surface area contributed by atoms with Gasteiger partial charge in [0.05, 0.1) is 11.1 Å². The number of rotatable bonds is 5. The summed E-state index contributed by atoms with van der Waals surface area (Å²) in [7, 11) is 0. The minimum atomic E-state index is -0.369. The van der Waals surface area contributed by atoms with Crippen LogP contribution in [0.2, 0.25) is 0 Å². The number of para-hydroxylation sites is 1. The minimum absolute atomic E-state index is 0.178. The smallest absolute Gasteiger partial charge is 0.338 e. The third kappa shape index (κ3) is 3.82. The summed E-state index contributed by atoms with van der Waals surface area (Å²) in [5.41, 5.74) is 3.24. The topological polar surface area (TPSA) is 59.5 Å². The molecule has 0 atom stereocenters. The van der Waals surface area contributed by atoms with Gasteiger partial charge in [0.2, 0.25) is 5.91 Å². The highest BCUT2D eigenvalue weighted by molar-refractivity contribution is 5.89. The molecule has 1 aromatic heterocycles. The first kappa shape index (κ1) is 17.2. The Balaban J connectivity index is 1.40. The molecule has 2 aromatic carbocycles. The van der Waals surface area contributed by atoms with E-state index in [9.17, 15) is 9.59 Å². The van der Waals surface area contributed by atoms with Gasteiger partial charge in [0, 0.05) is 36.7 Å². The second-order valence-corrected chi connectivity index (χ2v) is 6.68. The zero-order chi connectivity index (χ0) is 18.6.